The van der Waals surface area contributed by atoms with Crippen molar-refractivity contribution in [3.05, 3.63) is 84.3 Å². The van der Waals surface area contributed by atoms with E-state index < -0.39 is 29.7 Å². The Labute approximate surface area is 316 Å². The van der Waals surface area contributed by atoms with Crippen molar-refractivity contribution < 1.29 is 38.1 Å². The Balaban J connectivity index is 0.646. The number of ether oxygens (including phenoxy) is 4. The normalized spacial score (nSPS) is 21.2. The van der Waals surface area contributed by atoms with Gasteiger partial charge in [-0.2, -0.15) is 0 Å². The smallest absolute Gasteiger partial charge is 0.262 e. The van der Waals surface area contributed by atoms with Crippen molar-refractivity contribution >= 4 is 51.1 Å². The highest BCUT2D eigenvalue weighted by molar-refractivity contribution is 6.23. The van der Waals surface area contributed by atoms with Crippen molar-refractivity contribution in [2.75, 3.05) is 44.4 Å². The number of aryl methyl sites for hydroxylation is 1. The number of fused-ring (bicyclic) bond motifs is 4. The first-order chi connectivity index (χ1) is 26.8. The number of benzene rings is 2. The zero-order valence-corrected chi connectivity index (χ0v) is 30.3. The second-order valence-corrected chi connectivity index (χ2v) is 14.5. The Hall–Kier alpha value is -5.70. The molecule has 4 amide bonds. The van der Waals surface area contributed by atoms with Crippen molar-refractivity contribution in [2.24, 2.45) is 7.05 Å². The van der Waals surface area contributed by atoms with Crippen molar-refractivity contribution in [2.45, 2.75) is 50.0 Å². The number of amides is 4. The second-order valence-electron chi connectivity index (χ2n) is 14.5. The highest BCUT2D eigenvalue weighted by Crippen LogP contribution is 2.34. The molecule has 0 bridgehead atoms. The molecule has 3 aliphatic heterocycles. The maximum Gasteiger partial charge on any atom is 0.262 e. The van der Waals surface area contributed by atoms with Crippen LogP contribution in [0.15, 0.2) is 73.2 Å². The van der Waals surface area contributed by atoms with E-state index in [1.165, 1.54) is 5.39 Å². The number of nitrogens with zero attached hydrogens (tertiary/aromatic N) is 5. The van der Waals surface area contributed by atoms with Gasteiger partial charge in [-0.1, -0.05) is 12.1 Å². The summed E-state index contributed by atoms with van der Waals surface area (Å²) >= 11 is 0. The lowest BCUT2D eigenvalue weighted by Gasteiger charge is -2.40. The molecule has 55 heavy (non-hydrogen) atoms. The molecule has 4 aliphatic rings. The molecule has 1 unspecified atom stereocenters. The van der Waals surface area contributed by atoms with Gasteiger partial charge >= 0.3 is 0 Å². The van der Waals surface area contributed by atoms with E-state index in [-0.39, 0.29) is 42.3 Å². The van der Waals surface area contributed by atoms with E-state index >= 15 is 0 Å². The molecule has 282 valence electrons. The molecular formula is C41H40N6O8. The molecule has 5 aromatic rings. The lowest BCUT2D eigenvalue weighted by molar-refractivity contribution is -0.136. The van der Waals surface area contributed by atoms with Gasteiger partial charge in [0.15, 0.2) is 0 Å². The highest BCUT2D eigenvalue weighted by Gasteiger charge is 2.45. The number of carbonyl (C=O) groups is 4. The van der Waals surface area contributed by atoms with Gasteiger partial charge in [-0.15, -0.1) is 0 Å². The van der Waals surface area contributed by atoms with E-state index in [0.29, 0.717) is 45.4 Å². The molecule has 1 atom stereocenters. The third-order valence-corrected chi connectivity index (χ3v) is 11.0. The van der Waals surface area contributed by atoms with Crippen LogP contribution in [0.25, 0.3) is 32.9 Å². The van der Waals surface area contributed by atoms with Crippen molar-refractivity contribution in [3.63, 3.8) is 0 Å². The molecular weight excluding hydrogens is 704 g/mol. The molecule has 1 N–H and O–H groups in total. The van der Waals surface area contributed by atoms with Crippen LogP contribution in [0.3, 0.4) is 0 Å². The number of hydrogen-bond acceptors (Lipinski definition) is 11. The number of hydrogen-bond donors (Lipinski definition) is 1. The summed E-state index contributed by atoms with van der Waals surface area (Å²) in [5, 5.41) is 4.55. The monoisotopic (exact) mass is 744 g/mol. The van der Waals surface area contributed by atoms with Crippen molar-refractivity contribution in [3.8, 4) is 17.0 Å². The molecule has 6 heterocycles. The zero-order valence-electron chi connectivity index (χ0n) is 30.3. The van der Waals surface area contributed by atoms with Crippen LogP contribution in [-0.4, -0.2) is 107 Å². The standard InChI is InChI=1S/C41H40N6O8/c1-45-34-10-11-42-21-33(34)30-5-2-24(16-36(30)45)25-3-9-38(43-20-25)55-28-18-27(19-28)53-14-12-52-13-15-54-29-22-46(23-29)26-4-6-31-32(17-26)41(51)47(40(31)50)35-7-8-37(48)44-39(35)49/h2-6,9-11,16-17,20-21,27-29,35H,7-8,12-15,18-19,22-23H2,1H3,(H,44,48,49). The van der Waals surface area contributed by atoms with E-state index in [1.807, 2.05) is 36.8 Å². The number of aromatic nitrogens is 3. The van der Waals surface area contributed by atoms with Crippen molar-refractivity contribution in [1.82, 2.24) is 24.8 Å². The number of imide groups is 2. The molecule has 14 nitrogen and oxygen atoms in total. The first-order valence-electron chi connectivity index (χ1n) is 18.7. The Kier molecular flexibility index (Phi) is 9.24. The predicted molar refractivity (Wildman–Crippen MR) is 201 cm³/mol. The Morgan fingerprint density at radius 1 is 0.764 bits per heavy atom. The molecule has 2 aromatic carbocycles. The molecule has 1 saturated carbocycles. The van der Waals surface area contributed by atoms with E-state index in [0.717, 1.165) is 51.0 Å². The lowest BCUT2D eigenvalue weighted by Crippen LogP contribution is -2.54. The maximum atomic E-state index is 13.1. The first kappa shape index (κ1) is 35.0. The minimum absolute atomic E-state index is 0.0282. The molecule has 3 fully saturated rings. The van der Waals surface area contributed by atoms with Crippen LogP contribution in [0.1, 0.15) is 46.4 Å². The lowest BCUT2D eigenvalue weighted by atomic mass is 9.92. The summed E-state index contributed by atoms with van der Waals surface area (Å²) in [4.78, 5) is 61.9. The van der Waals surface area contributed by atoms with Crippen LogP contribution in [0.4, 0.5) is 5.69 Å². The van der Waals surface area contributed by atoms with Crippen LogP contribution in [0, 0.1) is 0 Å². The van der Waals surface area contributed by atoms with Crippen LogP contribution in [0.2, 0.25) is 0 Å². The molecule has 9 rings (SSSR count). The van der Waals surface area contributed by atoms with Crippen LogP contribution in [0.5, 0.6) is 5.88 Å². The Bertz CT molecular complexity index is 2310. The van der Waals surface area contributed by atoms with Crippen molar-refractivity contribution in [1.29, 1.82) is 0 Å². The van der Waals surface area contributed by atoms with Gasteiger partial charge in [0.25, 0.3) is 11.8 Å². The SMILES string of the molecule is Cn1c2ccncc2c2ccc(-c3ccc(OC4CC(OCCOCCOC5CN(c6ccc7c(c6)C(=O)N(C6CCC(=O)NC6=O)C7=O)C5)C4)nc3)cc21. The molecule has 3 aromatic heterocycles. The van der Waals surface area contributed by atoms with Gasteiger partial charge in [0.1, 0.15) is 12.1 Å². The van der Waals surface area contributed by atoms with E-state index in [1.54, 1.807) is 18.2 Å². The number of carbonyl (C=O) groups excluding carboxylic acids is 4. The fourth-order valence-corrected chi connectivity index (χ4v) is 7.83. The maximum absolute atomic E-state index is 13.1. The van der Waals surface area contributed by atoms with Gasteiger partial charge in [-0.3, -0.25) is 34.4 Å². The van der Waals surface area contributed by atoms with Gasteiger partial charge in [-0.05, 0) is 48.4 Å². The summed E-state index contributed by atoms with van der Waals surface area (Å²) < 4.78 is 25.9. The number of pyridine rings is 2. The number of piperidine rings is 1. The summed E-state index contributed by atoms with van der Waals surface area (Å²) in [6.07, 6.45) is 7.67. The quantitative estimate of drug-likeness (QED) is 0.137. The molecule has 2 saturated heterocycles. The fraction of sp³-hybridized carbons (Fsp3) is 0.366. The summed E-state index contributed by atoms with van der Waals surface area (Å²) in [5.74, 6) is -1.43. The summed E-state index contributed by atoms with van der Waals surface area (Å²) in [6.45, 7) is 3.18. The average molecular weight is 745 g/mol. The highest BCUT2D eigenvalue weighted by atomic mass is 16.6. The predicted octanol–water partition coefficient (Wildman–Crippen LogP) is 4.04. The fourth-order valence-electron chi connectivity index (χ4n) is 7.83. The first-order valence-corrected chi connectivity index (χ1v) is 18.7. The van der Waals surface area contributed by atoms with Crippen LogP contribution >= 0.6 is 0 Å². The average Bonchev–Trinajstić information content (AvgIpc) is 3.58. The van der Waals surface area contributed by atoms with Crippen LogP contribution in [-0.2, 0) is 30.8 Å². The van der Waals surface area contributed by atoms with Gasteiger partial charge < -0.3 is 28.4 Å². The van der Waals surface area contributed by atoms with Gasteiger partial charge in [-0.25, -0.2) is 4.98 Å². The molecule has 1 aliphatic carbocycles. The minimum Gasteiger partial charge on any atom is -0.474 e. The largest absolute Gasteiger partial charge is 0.474 e. The summed E-state index contributed by atoms with van der Waals surface area (Å²) in [7, 11) is 2.08. The molecule has 0 spiro atoms. The Morgan fingerprint density at radius 2 is 1.55 bits per heavy atom. The summed E-state index contributed by atoms with van der Waals surface area (Å²) in [6, 6.07) is 16.6. The third-order valence-electron chi connectivity index (χ3n) is 11.0. The Morgan fingerprint density at radius 3 is 2.33 bits per heavy atom. The number of nitrogens with one attached hydrogen (secondary N) is 1. The van der Waals surface area contributed by atoms with E-state index in [4.69, 9.17) is 18.9 Å². The number of rotatable bonds is 13. The van der Waals surface area contributed by atoms with E-state index in [2.05, 4.69) is 50.0 Å². The van der Waals surface area contributed by atoms with Gasteiger partial charge in [0.2, 0.25) is 17.7 Å². The van der Waals surface area contributed by atoms with Gasteiger partial charge in [0.05, 0.1) is 55.3 Å². The van der Waals surface area contributed by atoms with Crippen LogP contribution < -0.4 is 15.0 Å². The number of anilines is 1. The van der Waals surface area contributed by atoms with E-state index in [9.17, 15) is 19.2 Å². The van der Waals surface area contributed by atoms with Gasteiger partial charge in [0, 0.05) is 91.6 Å². The zero-order chi connectivity index (χ0) is 37.6. The third kappa shape index (κ3) is 6.70. The molecule has 14 heteroatoms. The summed E-state index contributed by atoms with van der Waals surface area (Å²) in [5.41, 5.74) is 5.78. The topological polar surface area (TPSA) is 154 Å². The minimum atomic E-state index is -0.980. The molecule has 0 radical (unpaired) electrons. The second kappa shape index (κ2) is 14.5.